The van der Waals surface area contributed by atoms with Crippen molar-refractivity contribution < 1.29 is 9.90 Å². The van der Waals surface area contributed by atoms with Gasteiger partial charge in [-0.2, -0.15) is 5.10 Å². The zero-order valence-corrected chi connectivity index (χ0v) is 15.6. The van der Waals surface area contributed by atoms with Crippen LogP contribution >= 0.6 is 23.2 Å². The maximum atomic E-state index is 11.2. The van der Waals surface area contributed by atoms with E-state index >= 15 is 0 Å². The monoisotopic (exact) mass is 368 g/mol. The topological polar surface area (TPSA) is 55.1 Å². The maximum absolute atomic E-state index is 11.2. The van der Waals surface area contributed by atoms with E-state index in [9.17, 15) is 9.90 Å². The van der Waals surface area contributed by atoms with E-state index in [4.69, 9.17) is 23.2 Å². The molecule has 0 aliphatic rings. The molecule has 0 bridgehead atoms. The molecule has 0 aliphatic heterocycles. The number of hydrogen-bond donors (Lipinski definition) is 1. The smallest absolute Gasteiger partial charge is 0.304 e. The van der Waals surface area contributed by atoms with Crippen LogP contribution in [0.15, 0.2) is 24.3 Å². The zero-order chi connectivity index (χ0) is 17.9. The molecule has 6 heteroatoms. The summed E-state index contributed by atoms with van der Waals surface area (Å²) in [4.78, 5) is 11.2. The number of carbonyl (C=O) groups is 1. The van der Waals surface area contributed by atoms with Crippen molar-refractivity contribution in [2.75, 3.05) is 0 Å². The molecule has 1 aromatic carbocycles. The van der Waals surface area contributed by atoms with Gasteiger partial charge in [-0.05, 0) is 36.1 Å². The van der Waals surface area contributed by atoms with E-state index in [1.165, 1.54) is 0 Å². The third-order valence-electron chi connectivity index (χ3n) is 4.09. The molecular formula is C18H22Cl2N2O2. The number of rotatable bonds is 7. The number of hydrogen-bond acceptors (Lipinski definition) is 2. The highest BCUT2D eigenvalue weighted by Crippen LogP contribution is 2.29. The summed E-state index contributed by atoms with van der Waals surface area (Å²) in [7, 11) is 0. The summed E-state index contributed by atoms with van der Waals surface area (Å²) < 4.78 is 1.88. The molecule has 2 aromatic rings. The summed E-state index contributed by atoms with van der Waals surface area (Å²) >= 11 is 12.2. The van der Waals surface area contributed by atoms with Gasteiger partial charge in [0.25, 0.3) is 0 Å². The quantitative estimate of drug-likeness (QED) is 0.718. The van der Waals surface area contributed by atoms with Gasteiger partial charge in [0, 0.05) is 21.7 Å². The average Bonchev–Trinajstić information content (AvgIpc) is 2.91. The van der Waals surface area contributed by atoms with E-state index in [0.29, 0.717) is 16.6 Å². The molecule has 0 fully saturated rings. The lowest BCUT2D eigenvalue weighted by molar-refractivity contribution is -0.137. The molecule has 0 spiro atoms. The first kappa shape index (κ1) is 18.8. The molecule has 0 radical (unpaired) electrons. The molecule has 0 saturated heterocycles. The molecule has 1 unspecified atom stereocenters. The van der Waals surface area contributed by atoms with E-state index < -0.39 is 5.97 Å². The van der Waals surface area contributed by atoms with Crippen LogP contribution in [0.3, 0.4) is 0 Å². The predicted molar refractivity (Wildman–Crippen MR) is 97.2 cm³/mol. The van der Waals surface area contributed by atoms with Crippen LogP contribution in [-0.2, 0) is 11.3 Å². The van der Waals surface area contributed by atoms with Crippen molar-refractivity contribution in [2.45, 2.75) is 52.0 Å². The number of carboxylic acid groups (broad SMARTS) is 1. The molecule has 0 amide bonds. The van der Waals surface area contributed by atoms with Crippen molar-refractivity contribution in [3.8, 4) is 0 Å². The van der Waals surface area contributed by atoms with E-state index in [0.717, 1.165) is 23.4 Å². The molecule has 24 heavy (non-hydrogen) atoms. The van der Waals surface area contributed by atoms with Gasteiger partial charge in [-0.1, -0.05) is 50.0 Å². The van der Waals surface area contributed by atoms with Crippen LogP contribution in [0, 0.1) is 0 Å². The summed E-state index contributed by atoms with van der Waals surface area (Å²) in [5.41, 5.74) is 2.81. The van der Waals surface area contributed by atoms with Gasteiger partial charge in [0.1, 0.15) is 0 Å². The Morgan fingerprint density at radius 3 is 2.54 bits per heavy atom. The molecule has 0 aliphatic carbocycles. The van der Waals surface area contributed by atoms with Crippen LogP contribution in [0.4, 0.5) is 0 Å². The van der Waals surface area contributed by atoms with Crippen LogP contribution in [0.2, 0.25) is 10.0 Å². The van der Waals surface area contributed by atoms with Crippen molar-refractivity contribution in [1.29, 1.82) is 0 Å². The number of aliphatic carboxylic acids is 1. The molecular weight excluding hydrogens is 347 g/mol. The molecule has 1 N–H and O–H groups in total. The maximum Gasteiger partial charge on any atom is 0.304 e. The van der Waals surface area contributed by atoms with Gasteiger partial charge in [-0.25, -0.2) is 0 Å². The molecule has 2 rings (SSSR count). The number of benzene rings is 1. The highest BCUT2D eigenvalue weighted by atomic mass is 35.5. The summed E-state index contributed by atoms with van der Waals surface area (Å²) in [5.74, 6) is -0.605. The van der Waals surface area contributed by atoms with Gasteiger partial charge in [-0.15, -0.1) is 0 Å². The van der Waals surface area contributed by atoms with E-state index in [1.54, 1.807) is 12.1 Å². The van der Waals surface area contributed by atoms with Crippen LogP contribution in [0.5, 0.6) is 0 Å². The second-order valence-electron chi connectivity index (χ2n) is 6.25. The predicted octanol–water partition coefficient (Wildman–Crippen LogP) is 5.33. The average molecular weight is 369 g/mol. The summed E-state index contributed by atoms with van der Waals surface area (Å²) in [6.45, 7) is 6.64. The first-order chi connectivity index (χ1) is 11.3. The molecule has 1 atom stereocenters. The van der Waals surface area contributed by atoms with Gasteiger partial charge in [0.15, 0.2) is 0 Å². The van der Waals surface area contributed by atoms with E-state index in [1.807, 2.05) is 23.7 Å². The zero-order valence-electron chi connectivity index (χ0n) is 14.1. The van der Waals surface area contributed by atoms with Gasteiger partial charge >= 0.3 is 5.97 Å². The summed E-state index contributed by atoms with van der Waals surface area (Å²) in [5, 5.41) is 15.0. The fourth-order valence-electron chi connectivity index (χ4n) is 2.67. The lowest BCUT2D eigenvalue weighted by Gasteiger charge is -2.15. The van der Waals surface area contributed by atoms with Crippen molar-refractivity contribution in [1.82, 2.24) is 9.78 Å². The number of nitrogens with zero attached hydrogens (tertiary/aromatic N) is 2. The van der Waals surface area contributed by atoms with Crippen molar-refractivity contribution in [3.63, 3.8) is 0 Å². The molecule has 130 valence electrons. The Morgan fingerprint density at radius 2 is 2.00 bits per heavy atom. The number of aromatic nitrogens is 2. The fourth-order valence-corrected chi connectivity index (χ4v) is 3.14. The van der Waals surface area contributed by atoms with Gasteiger partial charge < -0.3 is 5.11 Å². The van der Waals surface area contributed by atoms with Crippen LogP contribution in [0.25, 0.3) is 0 Å². The molecule has 1 aromatic heterocycles. The third kappa shape index (κ3) is 4.52. The Balaban J connectivity index is 2.41. The fraction of sp³-hybridized carbons (Fsp3) is 0.444. The summed E-state index contributed by atoms with van der Waals surface area (Å²) in [6, 6.07) is 7.40. The number of halogens is 2. The Hall–Kier alpha value is -1.52. The van der Waals surface area contributed by atoms with Gasteiger partial charge in [0.05, 0.1) is 18.7 Å². The van der Waals surface area contributed by atoms with E-state index in [2.05, 4.69) is 18.9 Å². The van der Waals surface area contributed by atoms with E-state index in [-0.39, 0.29) is 18.3 Å². The van der Waals surface area contributed by atoms with Crippen LogP contribution in [-0.4, -0.2) is 20.9 Å². The molecule has 0 saturated carbocycles. The minimum atomic E-state index is -0.801. The highest BCUT2D eigenvalue weighted by molar-refractivity contribution is 6.35. The largest absolute Gasteiger partial charge is 0.481 e. The minimum Gasteiger partial charge on any atom is -0.481 e. The van der Waals surface area contributed by atoms with Crippen molar-refractivity contribution in [3.05, 3.63) is 51.3 Å². The highest BCUT2D eigenvalue weighted by Gasteiger charge is 2.21. The molecule has 1 heterocycles. The second kappa shape index (κ2) is 8.04. The van der Waals surface area contributed by atoms with Gasteiger partial charge in [0.2, 0.25) is 0 Å². The lowest BCUT2D eigenvalue weighted by Crippen LogP contribution is -2.13. The first-order valence-electron chi connectivity index (χ1n) is 8.05. The van der Waals surface area contributed by atoms with Gasteiger partial charge in [-0.3, -0.25) is 9.48 Å². The first-order valence-corrected chi connectivity index (χ1v) is 8.80. The Morgan fingerprint density at radius 1 is 1.29 bits per heavy atom. The normalized spacial score (nSPS) is 12.6. The summed E-state index contributed by atoms with van der Waals surface area (Å²) in [6.07, 6.45) is 0.831. The lowest BCUT2D eigenvalue weighted by atomic mass is 9.97. The number of carboxylic acids is 1. The Kier molecular flexibility index (Phi) is 6.30. The Labute approximate surface area is 152 Å². The van der Waals surface area contributed by atoms with Crippen molar-refractivity contribution >= 4 is 29.2 Å². The third-order valence-corrected chi connectivity index (χ3v) is 4.68. The SMILES string of the molecule is CCC(CC(=O)O)c1cc(C(C)C)nn1Cc1ccc(Cl)cc1Cl. The standard InChI is InChI=1S/C18H22Cl2N2O2/c1-4-12(7-18(23)24)17-9-16(11(2)3)21-22(17)10-13-5-6-14(19)8-15(13)20/h5-6,8-9,11-12H,4,7,10H2,1-3H3,(H,23,24). The Bertz CT molecular complexity index is 726. The van der Waals surface area contributed by atoms with Crippen LogP contribution in [0.1, 0.15) is 62.4 Å². The second-order valence-corrected chi connectivity index (χ2v) is 7.09. The minimum absolute atomic E-state index is 0.0754. The van der Waals surface area contributed by atoms with Crippen LogP contribution < -0.4 is 0 Å². The van der Waals surface area contributed by atoms with Crippen molar-refractivity contribution in [2.24, 2.45) is 0 Å². The molecule has 4 nitrogen and oxygen atoms in total.